The third kappa shape index (κ3) is 9.60. The van der Waals surface area contributed by atoms with Crippen LogP contribution in [0.15, 0.2) is 42.6 Å². The minimum Gasteiger partial charge on any atom is -0.465 e. The summed E-state index contributed by atoms with van der Waals surface area (Å²) in [7, 11) is 0. The number of halogens is 1. The van der Waals surface area contributed by atoms with Gasteiger partial charge in [-0.2, -0.15) is 0 Å². The molecule has 1 N–H and O–H groups in total. The summed E-state index contributed by atoms with van der Waals surface area (Å²) in [6.07, 6.45) is 8.04. The van der Waals surface area contributed by atoms with Gasteiger partial charge in [-0.15, -0.1) is 0 Å². The van der Waals surface area contributed by atoms with Gasteiger partial charge < -0.3 is 24.4 Å². The number of aromatic nitrogens is 1. The van der Waals surface area contributed by atoms with E-state index in [0.29, 0.717) is 30.6 Å². The summed E-state index contributed by atoms with van der Waals surface area (Å²) in [6, 6.07) is 11.5. The van der Waals surface area contributed by atoms with Crippen LogP contribution in [0.5, 0.6) is 0 Å². The van der Waals surface area contributed by atoms with Crippen LogP contribution in [0.3, 0.4) is 0 Å². The Bertz CT molecular complexity index is 1080. The Hall–Kier alpha value is -3.00. The quantitative estimate of drug-likeness (QED) is 0.330. The number of benzene rings is 1. The first kappa shape index (κ1) is 30.5. The maximum Gasteiger partial charge on any atom is 0.325 e. The molecule has 1 aliphatic rings. The summed E-state index contributed by atoms with van der Waals surface area (Å²) in [5, 5.41) is 3.34. The predicted octanol–water partition coefficient (Wildman–Crippen LogP) is 5.47. The third-order valence-corrected chi connectivity index (χ3v) is 7.54. The topological polar surface area (TPSA) is 83.9 Å². The highest BCUT2D eigenvalue weighted by Gasteiger charge is 2.29. The van der Waals surface area contributed by atoms with Crippen molar-refractivity contribution in [3.05, 3.63) is 58.9 Å². The van der Waals surface area contributed by atoms with Crippen LogP contribution >= 0.6 is 11.6 Å². The fraction of sp³-hybridized carbons (Fsp3) is 0.567. The average Bonchev–Trinajstić information content (AvgIpc) is 3.36. The molecule has 2 aromatic rings. The number of carbonyl (C=O) groups excluding carboxylic acids is 3. The minimum atomic E-state index is -0.496. The Labute approximate surface area is 237 Å². The van der Waals surface area contributed by atoms with Gasteiger partial charge in [-0.1, -0.05) is 62.9 Å². The van der Waals surface area contributed by atoms with E-state index in [0.717, 1.165) is 43.4 Å². The van der Waals surface area contributed by atoms with Crippen molar-refractivity contribution in [2.24, 2.45) is 5.92 Å². The van der Waals surface area contributed by atoms with Crippen molar-refractivity contribution in [1.29, 1.82) is 0 Å². The molecule has 0 spiro atoms. The molecule has 39 heavy (non-hydrogen) atoms. The van der Waals surface area contributed by atoms with Crippen LogP contribution in [0, 0.1) is 5.92 Å². The largest absolute Gasteiger partial charge is 0.465 e. The number of ether oxygens (including phenoxy) is 1. The highest BCUT2D eigenvalue weighted by atomic mass is 35.5. The lowest BCUT2D eigenvalue weighted by molar-refractivity contribution is -0.141. The Morgan fingerprint density at radius 3 is 2.54 bits per heavy atom. The van der Waals surface area contributed by atoms with Crippen LogP contribution in [-0.4, -0.2) is 64.6 Å². The zero-order valence-corrected chi connectivity index (χ0v) is 24.3. The van der Waals surface area contributed by atoms with Crippen molar-refractivity contribution in [3.8, 4) is 0 Å². The molecule has 0 radical (unpaired) electrons. The molecule has 8 nitrogen and oxygen atoms in total. The number of nitrogens with one attached hydrogen (secondary N) is 1. The summed E-state index contributed by atoms with van der Waals surface area (Å²) < 4.78 is 7.06. The van der Waals surface area contributed by atoms with Crippen LogP contribution in [0.2, 0.25) is 5.02 Å². The molecule has 1 fully saturated rings. The molecular weight excluding hydrogens is 516 g/mol. The molecular formula is C30H43ClN4O4. The molecule has 1 heterocycles. The second-order valence-corrected chi connectivity index (χ2v) is 11.0. The monoisotopic (exact) mass is 558 g/mol. The van der Waals surface area contributed by atoms with Crippen molar-refractivity contribution >= 4 is 29.5 Å². The van der Waals surface area contributed by atoms with Gasteiger partial charge in [-0.25, -0.2) is 4.79 Å². The molecule has 0 bridgehead atoms. The van der Waals surface area contributed by atoms with Gasteiger partial charge in [0.1, 0.15) is 13.1 Å². The predicted molar refractivity (Wildman–Crippen MR) is 153 cm³/mol. The first-order chi connectivity index (χ1) is 18.8. The van der Waals surface area contributed by atoms with Gasteiger partial charge in [0.05, 0.1) is 13.2 Å². The van der Waals surface area contributed by atoms with Crippen molar-refractivity contribution in [2.45, 2.75) is 78.4 Å². The zero-order chi connectivity index (χ0) is 28.2. The number of hydrogen-bond acceptors (Lipinski definition) is 4. The smallest absolute Gasteiger partial charge is 0.325 e. The molecule has 3 amide bonds. The Morgan fingerprint density at radius 2 is 1.85 bits per heavy atom. The van der Waals surface area contributed by atoms with E-state index in [1.807, 2.05) is 47.5 Å². The van der Waals surface area contributed by atoms with E-state index in [1.54, 1.807) is 6.92 Å². The van der Waals surface area contributed by atoms with E-state index in [9.17, 15) is 14.4 Å². The molecule has 1 saturated carbocycles. The van der Waals surface area contributed by atoms with Crippen molar-refractivity contribution in [1.82, 2.24) is 19.7 Å². The number of amides is 3. The van der Waals surface area contributed by atoms with Gasteiger partial charge in [0.15, 0.2) is 0 Å². The van der Waals surface area contributed by atoms with E-state index < -0.39 is 12.0 Å². The van der Waals surface area contributed by atoms with Crippen LogP contribution in [-0.2, 0) is 27.4 Å². The molecule has 3 rings (SSSR count). The molecule has 214 valence electrons. The maximum atomic E-state index is 13.9. The van der Waals surface area contributed by atoms with E-state index in [-0.39, 0.29) is 31.6 Å². The zero-order valence-electron chi connectivity index (χ0n) is 23.5. The van der Waals surface area contributed by atoms with E-state index >= 15 is 0 Å². The third-order valence-electron chi connectivity index (χ3n) is 7.17. The fourth-order valence-electron chi connectivity index (χ4n) is 4.94. The summed E-state index contributed by atoms with van der Waals surface area (Å²) >= 11 is 6.42. The lowest BCUT2D eigenvalue weighted by Gasteiger charge is -2.36. The van der Waals surface area contributed by atoms with Gasteiger partial charge in [0.2, 0.25) is 5.91 Å². The lowest BCUT2D eigenvalue weighted by atomic mass is 9.94. The lowest BCUT2D eigenvalue weighted by Crippen LogP contribution is -2.50. The molecule has 1 aromatic carbocycles. The molecule has 0 atom stereocenters. The highest BCUT2D eigenvalue weighted by Crippen LogP contribution is 2.25. The van der Waals surface area contributed by atoms with Crippen LogP contribution in [0.25, 0.3) is 0 Å². The van der Waals surface area contributed by atoms with Crippen molar-refractivity contribution < 1.29 is 19.1 Å². The number of hydrogen-bond donors (Lipinski definition) is 1. The van der Waals surface area contributed by atoms with Crippen LogP contribution in [0.4, 0.5) is 4.79 Å². The SMILES string of the molecule is CCOC(=O)CNC(=O)N(CCC(C)C)CC(=O)N(Cc1cccn1Cc1ccccc1Cl)C1CCCCC1. The van der Waals surface area contributed by atoms with Gasteiger partial charge in [0, 0.05) is 36.0 Å². The second kappa shape index (κ2) is 15.6. The molecule has 0 aliphatic heterocycles. The normalized spacial score (nSPS) is 13.8. The Morgan fingerprint density at radius 1 is 1.10 bits per heavy atom. The van der Waals surface area contributed by atoms with Crippen molar-refractivity contribution in [3.63, 3.8) is 0 Å². The molecule has 9 heteroatoms. The second-order valence-electron chi connectivity index (χ2n) is 10.6. The standard InChI is InChI=1S/C30H43ClN4O4/c1-4-39-29(37)19-32-30(38)34(18-16-23(2)3)22-28(36)35(25-12-6-5-7-13-25)21-26-14-10-17-33(26)20-24-11-8-9-15-27(24)31/h8-11,14-15,17,23,25H,4-7,12-13,16,18-22H2,1-3H3,(H,32,38). The number of carbonyl (C=O) groups is 3. The number of rotatable bonds is 13. The Balaban J connectivity index is 1.77. The number of nitrogens with zero attached hydrogens (tertiary/aromatic N) is 3. The molecule has 0 saturated heterocycles. The van der Waals surface area contributed by atoms with E-state index in [2.05, 4.69) is 23.7 Å². The Kier molecular flexibility index (Phi) is 12.2. The van der Waals surface area contributed by atoms with Crippen molar-refractivity contribution in [2.75, 3.05) is 26.2 Å². The van der Waals surface area contributed by atoms with Gasteiger partial charge >= 0.3 is 12.0 Å². The fourth-order valence-corrected chi connectivity index (χ4v) is 5.13. The summed E-state index contributed by atoms with van der Waals surface area (Å²) in [5.74, 6) is -0.213. The summed E-state index contributed by atoms with van der Waals surface area (Å²) in [5.41, 5.74) is 2.04. The van der Waals surface area contributed by atoms with Crippen LogP contribution in [0.1, 0.15) is 70.6 Å². The summed E-state index contributed by atoms with van der Waals surface area (Å²) in [4.78, 5) is 42.2. The molecule has 0 unspecified atom stereocenters. The number of urea groups is 1. The molecule has 1 aromatic heterocycles. The number of esters is 1. The first-order valence-corrected chi connectivity index (χ1v) is 14.5. The van der Waals surface area contributed by atoms with Crippen LogP contribution < -0.4 is 5.32 Å². The van der Waals surface area contributed by atoms with E-state index in [4.69, 9.17) is 16.3 Å². The molecule has 1 aliphatic carbocycles. The average molecular weight is 559 g/mol. The van der Waals surface area contributed by atoms with Gasteiger partial charge in [-0.3, -0.25) is 9.59 Å². The van der Waals surface area contributed by atoms with Gasteiger partial charge in [-0.05, 0) is 55.9 Å². The summed E-state index contributed by atoms with van der Waals surface area (Å²) in [6.45, 7) is 7.38. The van der Waals surface area contributed by atoms with E-state index in [1.165, 1.54) is 11.3 Å². The minimum absolute atomic E-state index is 0.0386. The van der Waals surface area contributed by atoms with Gasteiger partial charge in [0.25, 0.3) is 0 Å². The first-order valence-electron chi connectivity index (χ1n) is 14.1. The highest BCUT2D eigenvalue weighted by molar-refractivity contribution is 6.31. The maximum absolute atomic E-state index is 13.9.